The van der Waals surface area contributed by atoms with Gasteiger partial charge in [0.1, 0.15) is 18.3 Å². The SMILES string of the molecule is CC.CC(=O)NC(C(=O)N1CCCC(CNC(OCC2CCCCC2)C(NC(C)=O)C(=O)N2CCCC(N)C2)C1)C(C)OCC1CCCCC1. The van der Waals surface area contributed by atoms with Crippen LogP contribution in [0.2, 0.25) is 0 Å². The zero-order valence-electron chi connectivity index (χ0n) is 31.9. The summed E-state index contributed by atoms with van der Waals surface area (Å²) in [5, 5.41) is 9.29. The number of ether oxygens (including phenoxy) is 2. The highest BCUT2D eigenvalue weighted by Crippen LogP contribution is 2.26. The number of amides is 4. The van der Waals surface area contributed by atoms with Crippen LogP contribution in [0, 0.1) is 17.8 Å². The summed E-state index contributed by atoms with van der Waals surface area (Å²) in [6, 6.07) is -1.71. The molecule has 2 heterocycles. The molecule has 4 fully saturated rings. The largest absolute Gasteiger partial charge is 0.376 e. The van der Waals surface area contributed by atoms with Crippen molar-refractivity contribution >= 4 is 23.6 Å². The third kappa shape index (κ3) is 14.0. The van der Waals surface area contributed by atoms with Gasteiger partial charge in [0.15, 0.2) is 0 Å². The van der Waals surface area contributed by atoms with E-state index < -0.39 is 24.4 Å². The topological polar surface area (TPSA) is 155 Å². The monoisotopic (exact) mass is 707 g/mol. The highest BCUT2D eigenvalue weighted by molar-refractivity contribution is 5.88. The van der Waals surface area contributed by atoms with Crippen molar-refractivity contribution in [2.24, 2.45) is 23.5 Å². The summed E-state index contributed by atoms with van der Waals surface area (Å²) in [5.74, 6) is 0.199. The van der Waals surface area contributed by atoms with Crippen molar-refractivity contribution in [1.82, 2.24) is 25.8 Å². The number of hydrogen-bond donors (Lipinski definition) is 4. The minimum atomic E-state index is -0.885. The molecule has 2 saturated carbocycles. The van der Waals surface area contributed by atoms with Gasteiger partial charge in [0, 0.05) is 59.2 Å². The lowest BCUT2D eigenvalue weighted by Crippen LogP contribution is -2.62. The summed E-state index contributed by atoms with van der Waals surface area (Å²) in [7, 11) is 0. The molecule has 0 aromatic heterocycles. The summed E-state index contributed by atoms with van der Waals surface area (Å²) in [4.78, 5) is 55.9. The number of hydrogen-bond acceptors (Lipinski definition) is 8. The number of likely N-dealkylation sites (tertiary alicyclic amines) is 2. The zero-order valence-corrected chi connectivity index (χ0v) is 31.9. The van der Waals surface area contributed by atoms with Gasteiger partial charge in [0.25, 0.3) is 0 Å². The Balaban J connectivity index is 0.00000332. The van der Waals surface area contributed by atoms with Gasteiger partial charge in [-0.05, 0) is 76.0 Å². The molecule has 0 bridgehead atoms. The van der Waals surface area contributed by atoms with Crippen LogP contribution in [0.3, 0.4) is 0 Å². The van der Waals surface area contributed by atoms with E-state index in [1.54, 1.807) is 4.90 Å². The Bertz CT molecular complexity index is 1040. The smallest absolute Gasteiger partial charge is 0.249 e. The van der Waals surface area contributed by atoms with E-state index in [-0.39, 0.29) is 35.6 Å². The minimum absolute atomic E-state index is 0.0808. The van der Waals surface area contributed by atoms with Crippen molar-refractivity contribution in [3.63, 3.8) is 0 Å². The number of nitrogens with zero attached hydrogens (tertiary/aromatic N) is 2. The van der Waals surface area contributed by atoms with Crippen LogP contribution in [-0.4, -0.2) is 110 Å². The summed E-state index contributed by atoms with van der Waals surface area (Å²) < 4.78 is 12.7. The van der Waals surface area contributed by atoms with Gasteiger partial charge < -0.3 is 35.6 Å². The molecule has 0 spiro atoms. The summed E-state index contributed by atoms with van der Waals surface area (Å²) >= 11 is 0. The maximum atomic E-state index is 13.9. The van der Waals surface area contributed by atoms with E-state index >= 15 is 0 Å². The quantitative estimate of drug-likeness (QED) is 0.188. The molecule has 12 nitrogen and oxygen atoms in total. The molecule has 4 aliphatic rings. The van der Waals surface area contributed by atoms with Crippen LogP contribution < -0.4 is 21.7 Å². The Morgan fingerprint density at radius 2 is 1.14 bits per heavy atom. The van der Waals surface area contributed by atoms with Crippen molar-refractivity contribution in [1.29, 1.82) is 0 Å². The maximum Gasteiger partial charge on any atom is 0.249 e. The van der Waals surface area contributed by atoms with Crippen molar-refractivity contribution in [2.45, 2.75) is 155 Å². The minimum Gasteiger partial charge on any atom is -0.376 e. The molecule has 2 aliphatic heterocycles. The fourth-order valence-electron chi connectivity index (χ4n) is 8.01. The molecule has 0 aromatic rings. The highest BCUT2D eigenvalue weighted by Gasteiger charge is 2.37. The van der Waals surface area contributed by atoms with Crippen LogP contribution in [0.1, 0.15) is 125 Å². The van der Waals surface area contributed by atoms with Crippen LogP contribution in [0.5, 0.6) is 0 Å². The van der Waals surface area contributed by atoms with Gasteiger partial charge in [0.05, 0.1) is 12.7 Å². The van der Waals surface area contributed by atoms with Gasteiger partial charge in [-0.2, -0.15) is 0 Å². The predicted octanol–water partition coefficient (Wildman–Crippen LogP) is 3.71. The molecule has 0 aromatic carbocycles. The van der Waals surface area contributed by atoms with E-state index in [1.807, 2.05) is 25.7 Å². The molecular weight excluding hydrogens is 636 g/mol. The van der Waals surface area contributed by atoms with E-state index in [2.05, 4.69) is 16.0 Å². The van der Waals surface area contributed by atoms with Crippen molar-refractivity contribution < 1.29 is 28.7 Å². The molecule has 2 saturated heterocycles. The molecular formula is C38H70N6O6. The summed E-state index contributed by atoms with van der Waals surface area (Å²) in [6.45, 7) is 12.6. The zero-order chi connectivity index (χ0) is 36.5. The molecule has 0 radical (unpaired) electrons. The fraction of sp³-hybridized carbons (Fsp3) is 0.895. The van der Waals surface area contributed by atoms with Gasteiger partial charge >= 0.3 is 0 Å². The van der Waals surface area contributed by atoms with Gasteiger partial charge in [-0.25, -0.2) is 0 Å². The third-order valence-corrected chi connectivity index (χ3v) is 10.8. The van der Waals surface area contributed by atoms with Gasteiger partial charge in [-0.1, -0.05) is 52.4 Å². The molecule has 288 valence electrons. The average molecular weight is 707 g/mol. The third-order valence-electron chi connectivity index (χ3n) is 10.8. The second-order valence-electron chi connectivity index (χ2n) is 15.0. The highest BCUT2D eigenvalue weighted by atomic mass is 16.5. The summed E-state index contributed by atoms with van der Waals surface area (Å²) in [6.07, 6.45) is 14.1. The Labute approximate surface area is 302 Å². The van der Waals surface area contributed by atoms with Crippen LogP contribution in [-0.2, 0) is 28.7 Å². The van der Waals surface area contributed by atoms with E-state index in [4.69, 9.17) is 15.2 Å². The standard InChI is InChI=1S/C36H64N6O6.C2H6/c1-25(47-23-28-12-6-4-7-13-28)32(39-26(2)43)35(45)41-18-10-16-30(21-41)20-38-34(48-24-29-14-8-5-9-15-29)33(40-27(3)44)36(46)42-19-11-17-31(37)22-42;1-2/h25,28-34,38H,4-24,37H2,1-3H3,(H,39,43)(H,40,44);1-2H3. The van der Waals surface area contributed by atoms with Gasteiger partial charge in [-0.15, -0.1) is 0 Å². The fourth-order valence-corrected chi connectivity index (χ4v) is 8.01. The lowest BCUT2D eigenvalue weighted by atomic mass is 9.90. The number of carbonyl (C=O) groups is 4. The molecule has 4 amide bonds. The molecule has 12 heteroatoms. The van der Waals surface area contributed by atoms with Crippen molar-refractivity contribution in [3.05, 3.63) is 0 Å². The van der Waals surface area contributed by atoms with Crippen molar-refractivity contribution in [3.8, 4) is 0 Å². The van der Waals surface area contributed by atoms with E-state index in [1.165, 1.54) is 52.4 Å². The summed E-state index contributed by atoms with van der Waals surface area (Å²) in [5.41, 5.74) is 6.22. The van der Waals surface area contributed by atoms with E-state index in [9.17, 15) is 19.2 Å². The first-order valence-electron chi connectivity index (χ1n) is 19.9. The number of piperidine rings is 2. The first-order chi connectivity index (χ1) is 24.1. The Kier molecular flexibility index (Phi) is 19.1. The number of nitrogens with one attached hydrogen (secondary N) is 3. The van der Waals surface area contributed by atoms with Gasteiger partial charge in [-0.3, -0.25) is 24.5 Å². The first kappa shape index (κ1) is 42.1. The Morgan fingerprint density at radius 3 is 1.70 bits per heavy atom. The molecule has 6 unspecified atom stereocenters. The number of rotatable bonds is 15. The lowest BCUT2D eigenvalue weighted by Gasteiger charge is -2.39. The molecule has 50 heavy (non-hydrogen) atoms. The number of carbonyl (C=O) groups excluding carboxylic acids is 4. The van der Waals surface area contributed by atoms with Crippen molar-refractivity contribution in [2.75, 3.05) is 45.9 Å². The van der Waals surface area contributed by atoms with Gasteiger partial charge in [0.2, 0.25) is 23.6 Å². The second-order valence-corrected chi connectivity index (χ2v) is 15.0. The van der Waals surface area contributed by atoms with E-state index in [0.29, 0.717) is 57.8 Å². The van der Waals surface area contributed by atoms with Crippen LogP contribution in [0.25, 0.3) is 0 Å². The lowest BCUT2D eigenvalue weighted by molar-refractivity contribution is -0.144. The Hall–Kier alpha value is -2.28. The molecule has 4 rings (SSSR count). The predicted molar refractivity (Wildman–Crippen MR) is 196 cm³/mol. The Morgan fingerprint density at radius 1 is 0.660 bits per heavy atom. The average Bonchev–Trinajstić information content (AvgIpc) is 3.13. The normalized spacial score (nSPS) is 24.6. The van der Waals surface area contributed by atoms with Crippen LogP contribution in [0.15, 0.2) is 0 Å². The maximum absolute atomic E-state index is 13.9. The van der Waals surface area contributed by atoms with E-state index in [0.717, 1.165) is 51.4 Å². The van der Waals surface area contributed by atoms with Crippen LogP contribution >= 0.6 is 0 Å². The first-order valence-corrected chi connectivity index (χ1v) is 19.9. The molecule has 6 atom stereocenters. The van der Waals surface area contributed by atoms with Crippen LogP contribution in [0.4, 0.5) is 0 Å². The second kappa shape index (κ2) is 22.6. The number of nitrogens with two attached hydrogens (primary N) is 1. The molecule has 5 N–H and O–H groups in total. The molecule has 2 aliphatic carbocycles.